The highest BCUT2D eigenvalue weighted by Crippen LogP contribution is 2.34. The molecule has 0 saturated carbocycles. The highest BCUT2D eigenvalue weighted by molar-refractivity contribution is 6.04. The van der Waals surface area contributed by atoms with Crippen molar-refractivity contribution in [2.24, 2.45) is 5.92 Å². The first-order chi connectivity index (χ1) is 14.5. The van der Waals surface area contributed by atoms with Crippen LogP contribution in [-0.2, 0) is 14.3 Å². The first-order valence-electron chi connectivity index (χ1n) is 10.2. The second-order valence-corrected chi connectivity index (χ2v) is 7.72. The Bertz CT molecular complexity index is 923. The molecule has 2 heterocycles. The maximum absolute atomic E-state index is 12.8. The Morgan fingerprint density at radius 2 is 1.87 bits per heavy atom. The number of hydrogen-bond acceptors (Lipinski definition) is 5. The standard InChI is InChI=1S/C23H27N3O4/c1-16-3-8-21(29-2)20(13-16)26-15-17(14-22(26)27)23(28)24-18-4-6-19(7-5-18)25-9-11-30-12-10-25/h3-8,13,17H,9-12,14-15H2,1-2H3,(H,24,28). The third-order valence-electron chi connectivity index (χ3n) is 5.63. The predicted octanol–water partition coefficient (Wildman–Crippen LogP) is 2.83. The fourth-order valence-corrected chi connectivity index (χ4v) is 3.95. The minimum absolute atomic E-state index is 0.0679. The van der Waals surface area contributed by atoms with Crippen molar-refractivity contribution in [1.82, 2.24) is 0 Å². The van der Waals surface area contributed by atoms with E-state index in [4.69, 9.17) is 9.47 Å². The molecular formula is C23H27N3O4. The van der Waals surface area contributed by atoms with E-state index in [0.717, 1.165) is 43.2 Å². The molecule has 0 aromatic heterocycles. The van der Waals surface area contributed by atoms with E-state index in [9.17, 15) is 9.59 Å². The summed E-state index contributed by atoms with van der Waals surface area (Å²) in [4.78, 5) is 29.3. The van der Waals surface area contributed by atoms with Crippen LogP contribution in [0.15, 0.2) is 42.5 Å². The molecule has 2 aromatic carbocycles. The van der Waals surface area contributed by atoms with Crippen LogP contribution in [0.4, 0.5) is 17.1 Å². The van der Waals surface area contributed by atoms with Gasteiger partial charge >= 0.3 is 0 Å². The zero-order valence-electron chi connectivity index (χ0n) is 17.4. The van der Waals surface area contributed by atoms with Crippen molar-refractivity contribution in [2.75, 3.05) is 55.1 Å². The normalized spacial score (nSPS) is 19.1. The lowest BCUT2D eigenvalue weighted by molar-refractivity contribution is -0.122. The van der Waals surface area contributed by atoms with Gasteiger partial charge in [-0.1, -0.05) is 6.07 Å². The van der Waals surface area contributed by atoms with E-state index in [0.29, 0.717) is 18.0 Å². The number of morpholine rings is 1. The topological polar surface area (TPSA) is 71.1 Å². The molecule has 7 heteroatoms. The fourth-order valence-electron chi connectivity index (χ4n) is 3.95. The molecule has 158 valence electrons. The van der Waals surface area contributed by atoms with E-state index in [2.05, 4.69) is 10.2 Å². The summed E-state index contributed by atoms with van der Waals surface area (Å²) in [6, 6.07) is 13.5. The molecule has 0 bridgehead atoms. The van der Waals surface area contributed by atoms with Crippen LogP contribution in [-0.4, -0.2) is 51.8 Å². The summed E-state index contributed by atoms with van der Waals surface area (Å²) in [5.41, 5.74) is 3.60. The average Bonchev–Trinajstić information content (AvgIpc) is 3.16. The monoisotopic (exact) mass is 409 g/mol. The average molecular weight is 409 g/mol. The summed E-state index contributed by atoms with van der Waals surface area (Å²) in [5.74, 6) is 0.0219. The molecule has 0 aliphatic carbocycles. The van der Waals surface area contributed by atoms with Gasteiger partial charge in [-0.2, -0.15) is 0 Å². The predicted molar refractivity (Wildman–Crippen MR) is 116 cm³/mol. The zero-order valence-corrected chi connectivity index (χ0v) is 17.4. The first kappa shape index (κ1) is 20.2. The fraction of sp³-hybridized carbons (Fsp3) is 0.391. The minimum atomic E-state index is -0.401. The lowest BCUT2D eigenvalue weighted by atomic mass is 10.1. The Kier molecular flexibility index (Phi) is 5.90. The molecule has 2 amide bonds. The Morgan fingerprint density at radius 3 is 2.57 bits per heavy atom. The van der Waals surface area contributed by atoms with Gasteiger partial charge in [0.25, 0.3) is 0 Å². The summed E-state index contributed by atoms with van der Waals surface area (Å²) in [6.07, 6.45) is 0.189. The molecule has 2 fully saturated rings. The molecule has 2 saturated heterocycles. The Labute approximate surface area is 176 Å². The van der Waals surface area contributed by atoms with Gasteiger partial charge in [0.05, 0.1) is 31.9 Å². The number of amides is 2. The van der Waals surface area contributed by atoms with Crippen molar-refractivity contribution in [3.8, 4) is 5.75 Å². The molecule has 30 heavy (non-hydrogen) atoms. The number of benzene rings is 2. The molecule has 1 N–H and O–H groups in total. The number of carbonyl (C=O) groups is 2. The van der Waals surface area contributed by atoms with E-state index in [-0.39, 0.29) is 18.2 Å². The van der Waals surface area contributed by atoms with Crippen molar-refractivity contribution >= 4 is 28.9 Å². The van der Waals surface area contributed by atoms with Gasteiger partial charge in [-0.05, 0) is 48.9 Å². The number of rotatable bonds is 5. The summed E-state index contributed by atoms with van der Waals surface area (Å²) >= 11 is 0. The van der Waals surface area contributed by atoms with Crippen molar-refractivity contribution < 1.29 is 19.1 Å². The first-order valence-corrected chi connectivity index (χ1v) is 10.2. The van der Waals surface area contributed by atoms with E-state index in [1.165, 1.54) is 0 Å². The SMILES string of the molecule is COc1ccc(C)cc1N1CC(C(=O)Nc2ccc(N3CCOCC3)cc2)CC1=O. The third-order valence-corrected chi connectivity index (χ3v) is 5.63. The molecule has 0 spiro atoms. The number of ether oxygens (including phenoxy) is 2. The Hall–Kier alpha value is -3.06. The highest BCUT2D eigenvalue weighted by atomic mass is 16.5. The van der Waals surface area contributed by atoms with Crippen LogP contribution in [0.2, 0.25) is 0 Å². The quantitative estimate of drug-likeness (QED) is 0.822. The van der Waals surface area contributed by atoms with Crippen molar-refractivity contribution in [3.63, 3.8) is 0 Å². The Balaban J connectivity index is 1.41. The van der Waals surface area contributed by atoms with E-state index < -0.39 is 5.92 Å². The van der Waals surface area contributed by atoms with Gasteiger partial charge in [-0.15, -0.1) is 0 Å². The second-order valence-electron chi connectivity index (χ2n) is 7.72. The van der Waals surface area contributed by atoms with Gasteiger partial charge < -0.3 is 24.6 Å². The number of methoxy groups -OCH3 is 1. The molecule has 2 aromatic rings. The van der Waals surface area contributed by atoms with Crippen LogP contribution >= 0.6 is 0 Å². The van der Waals surface area contributed by atoms with Gasteiger partial charge in [0.2, 0.25) is 11.8 Å². The van der Waals surface area contributed by atoms with Gasteiger partial charge in [-0.3, -0.25) is 9.59 Å². The van der Waals surface area contributed by atoms with Crippen LogP contribution < -0.4 is 19.9 Å². The van der Waals surface area contributed by atoms with Crippen LogP contribution in [0.3, 0.4) is 0 Å². The van der Waals surface area contributed by atoms with Crippen LogP contribution in [0.25, 0.3) is 0 Å². The van der Waals surface area contributed by atoms with Crippen molar-refractivity contribution in [3.05, 3.63) is 48.0 Å². The smallest absolute Gasteiger partial charge is 0.229 e. The lowest BCUT2D eigenvalue weighted by Crippen LogP contribution is -2.36. The molecule has 4 rings (SSSR count). The number of hydrogen-bond donors (Lipinski definition) is 1. The van der Waals surface area contributed by atoms with E-state index in [1.54, 1.807) is 12.0 Å². The summed E-state index contributed by atoms with van der Waals surface area (Å²) in [6.45, 7) is 5.51. The van der Waals surface area contributed by atoms with E-state index >= 15 is 0 Å². The van der Waals surface area contributed by atoms with Crippen molar-refractivity contribution in [1.29, 1.82) is 0 Å². The number of anilines is 3. The summed E-state index contributed by atoms with van der Waals surface area (Å²) in [5, 5.41) is 2.95. The number of carbonyl (C=O) groups excluding carboxylic acids is 2. The molecular weight excluding hydrogens is 382 g/mol. The van der Waals surface area contributed by atoms with Gasteiger partial charge in [0, 0.05) is 37.4 Å². The largest absolute Gasteiger partial charge is 0.495 e. The number of aryl methyl sites for hydroxylation is 1. The van der Waals surface area contributed by atoms with Crippen LogP contribution in [0.5, 0.6) is 5.75 Å². The molecule has 0 radical (unpaired) electrons. The van der Waals surface area contributed by atoms with Gasteiger partial charge in [0.1, 0.15) is 5.75 Å². The molecule has 1 unspecified atom stereocenters. The molecule has 2 aliphatic rings. The summed E-state index contributed by atoms with van der Waals surface area (Å²) in [7, 11) is 1.58. The minimum Gasteiger partial charge on any atom is -0.495 e. The van der Waals surface area contributed by atoms with E-state index in [1.807, 2.05) is 49.4 Å². The summed E-state index contributed by atoms with van der Waals surface area (Å²) < 4.78 is 10.8. The molecule has 1 atom stereocenters. The highest BCUT2D eigenvalue weighted by Gasteiger charge is 2.36. The second kappa shape index (κ2) is 8.75. The van der Waals surface area contributed by atoms with Gasteiger partial charge in [-0.25, -0.2) is 0 Å². The lowest BCUT2D eigenvalue weighted by Gasteiger charge is -2.28. The molecule has 7 nitrogen and oxygen atoms in total. The van der Waals surface area contributed by atoms with Gasteiger partial charge in [0.15, 0.2) is 0 Å². The Morgan fingerprint density at radius 1 is 1.13 bits per heavy atom. The van der Waals surface area contributed by atoms with Crippen LogP contribution in [0, 0.1) is 12.8 Å². The van der Waals surface area contributed by atoms with Crippen LogP contribution in [0.1, 0.15) is 12.0 Å². The number of nitrogens with zero attached hydrogens (tertiary/aromatic N) is 2. The maximum Gasteiger partial charge on any atom is 0.229 e. The molecule has 2 aliphatic heterocycles. The third kappa shape index (κ3) is 4.26. The zero-order chi connectivity index (χ0) is 21.1. The van der Waals surface area contributed by atoms with Crippen molar-refractivity contribution in [2.45, 2.75) is 13.3 Å². The maximum atomic E-state index is 12.8. The number of nitrogens with one attached hydrogen (secondary N) is 1.